The molecule has 7 nitrogen and oxygen atoms in total. The van der Waals surface area contributed by atoms with Gasteiger partial charge in [0, 0.05) is 42.5 Å². The molecule has 1 atom stereocenters. The summed E-state index contributed by atoms with van der Waals surface area (Å²) in [4.78, 5) is 30.1. The number of fused-ring (bicyclic) bond motifs is 1. The number of carbonyl (C=O) groups excluding carboxylic acids is 1. The molecule has 1 aromatic carbocycles. The van der Waals surface area contributed by atoms with Crippen molar-refractivity contribution < 1.29 is 4.79 Å². The molecule has 1 saturated heterocycles. The maximum absolute atomic E-state index is 13.9. The van der Waals surface area contributed by atoms with Gasteiger partial charge < -0.3 is 9.47 Å². The van der Waals surface area contributed by atoms with Crippen LogP contribution >= 0.6 is 11.6 Å². The van der Waals surface area contributed by atoms with Crippen molar-refractivity contribution >= 4 is 23.2 Å². The highest BCUT2D eigenvalue weighted by molar-refractivity contribution is 6.30. The Morgan fingerprint density at radius 1 is 1.06 bits per heavy atom. The first kappa shape index (κ1) is 20.0. The summed E-state index contributed by atoms with van der Waals surface area (Å²) in [7, 11) is 3.77. The lowest BCUT2D eigenvalue weighted by Gasteiger charge is -2.36. The molecule has 1 unspecified atom stereocenters. The minimum absolute atomic E-state index is 0.0733. The Morgan fingerprint density at radius 2 is 1.74 bits per heavy atom. The highest BCUT2D eigenvalue weighted by atomic mass is 35.5. The molecule has 2 aliphatic heterocycles. The first-order valence-electron chi connectivity index (χ1n) is 10.3. The minimum atomic E-state index is -0.330. The van der Waals surface area contributed by atoms with Gasteiger partial charge in [0.15, 0.2) is 0 Å². The fourth-order valence-corrected chi connectivity index (χ4v) is 4.89. The summed E-state index contributed by atoms with van der Waals surface area (Å²) in [5.41, 5.74) is 4.58. The van der Waals surface area contributed by atoms with Crippen molar-refractivity contribution in [1.29, 1.82) is 0 Å². The van der Waals surface area contributed by atoms with Crippen LogP contribution in [0.3, 0.4) is 0 Å². The van der Waals surface area contributed by atoms with Crippen molar-refractivity contribution in [2.45, 2.75) is 25.9 Å². The normalized spacial score (nSPS) is 19.1. The third-order valence-electron chi connectivity index (χ3n) is 6.29. The average Bonchev–Trinajstić information content (AvgIpc) is 3.19. The van der Waals surface area contributed by atoms with Crippen molar-refractivity contribution in [3.63, 3.8) is 0 Å². The Labute approximate surface area is 185 Å². The van der Waals surface area contributed by atoms with Gasteiger partial charge in [-0.25, -0.2) is 0 Å². The van der Waals surface area contributed by atoms with Crippen LogP contribution in [0.4, 0.5) is 5.69 Å². The molecule has 0 spiro atoms. The van der Waals surface area contributed by atoms with Gasteiger partial charge in [0.05, 0.1) is 23.5 Å². The molecular formula is C23H24ClN5O2. The van der Waals surface area contributed by atoms with E-state index < -0.39 is 0 Å². The van der Waals surface area contributed by atoms with Crippen LogP contribution in [0, 0.1) is 13.8 Å². The van der Waals surface area contributed by atoms with E-state index in [1.165, 1.54) is 4.57 Å². The molecule has 0 saturated carbocycles. The maximum atomic E-state index is 13.9. The van der Waals surface area contributed by atoms with Gasteiger partial charge in [0.25, 0.3) is 11.5 Å². The van der Waals surface area contributed by atoms with Crippen molar-refractivity contribution in [3.8, 4) is 0 Å². The summed E-state index contributed by atoms with van der Waals surface area (Å²) in [6.45, 7) is 5.47. The van der Waals surface area contributed by atoms with Gasteiger partial charge in [-0.1, -0.05) is 23.7 Å². The van der Waals surface area contributed by atoms with E-state index in [0.717, 1.165) is 29.9 Å². The number of hydrogen-bond donors (Lipinski definition) is 0. The number of hydrogen-bond acceptors (Lipinski definition) is 4. The molecule has 1 amide bonds. The van der Waals surface area contributed by atoms with Crippen LogP contribution in [0.25, 0.3) is 0 Å². The van der Waals surface area contributed by atoms with E-state index in [2.05, 4.69) is 11.9 Å². The van der Waals surface area contributed by atoms with Crippen LogP contribution in [0.5, 0.6) is 0 Å². The van der Waals surface area contributed by atoms with Crippen molar-refractivity contribution in [2.24, 2.45) is 7.05 Å². The number of carbonyl (C=O) groups is 1. The van der Waals surface area contributed by atoms with Crippen molar-refractivity contribution in [3.05, 3.63) is 80.0 Å². The molecule has 0 aliphatic carbocycles. The van der Waals surface area contributed by atoms with Crippen molar-refractivity contribution in [2.75, 3.05) is 25.0 Å². The lowest BCUT2D eigenvalue weighted by molar-refractivity contribution is 0.0948. The minimum Gasteiger partial charge on any atom is -0.316 e. The van der Waals surface area contributed by atoms with Gasteiger partial charge in [-0.2, -0.15) is 5.10 Å². The van der Waals surface area contributed by atoms with Crippen LogP contribution in [0.1, 0.15) is 45.0 Å². The van der Waals surface area contributed by atoms with E-state index in [-0.39, 0.29) is 23.6 Å². The van der Waals surface area contributed by atoms with E-state index >= 15 is 0 Å². The number of anilines is 1. The number of benzene rings is 1. The molecule has 2 aliphatic rings. The summed E-state index contributed by atoms with van der Waals surface area (Å²) in [6, 6.07) is 9.22. The van der Waals surface area contributed by atoms with E-state index in [1.807, 2.05) is 35.9 Å². The Morgan fingerprint density at radius 3 is 2.35 bits per heavy atom. The number of pyridine rings is 1. The zero-order chi connectivity index (χ0) is 22.0. The van der Waals surface area contributed by atoms with E-state index in [9.17, 15) is 9.59 Å². The summed E-state index contributed by atoms with van der Waals surface area (Å²) in [5, 5.41) is 5.41. The quantitative estimate of drug-likeness (QED) is 0.631. The summed E-state index contributed by atoms with van der Waals surface area (Å²) in [5.74, 6) is -0.0943. The molecule has 0 N–H and O–H groups in total. The van der Waals surface area contributed by atoms with Gasteiger partial charge in [0.2, 0.25) is 0 Å². The molecule has 2 aromatic heterocycles. The first-order valence-corrected chi connectivity index (χ1v) is 10.7. The molecule has 31 heavy (non-hydrogen) atoms. The molecule has 3 aromatic rings. The smallest absolute Gasteiger partial charge is 0.277 e. The molecule has 0 bridgehead atoms. The predicted molar refractivity (Wildman–Crippen MR) is 120 cm³/mol. The Balaban J connectivity index is 1.71. The first-order chi connectivity index (χ1) is 14.8. The van der Waals surface area contributed by atoms with Crippen LogP contribution in [0.2, 0.25) is 5.02 Å². The Kier molecular flexibility index (Phi) is 4.57. The summed E-state index contributed by atoms with van der Waals surface area (Å²) >= 11 is 6.14. The standard InChI is InChI=1S/C23H24ClN5O2/c1-13-9-17(12-27(4)22(13)30)28-20(15-5-7-16(24)8-6-15)19-14(2)25-29(21(19)23(28)31)18-10-26(3)11-18/h5-9,12,18,20H,10-11H2,1-4H3. The number of amides is 1. The van der Waals surface area contributed by atoms with Crippen molar-refractivity contribution in [1.82, 2.24) is 19.2 Å². The zero-order valence-corrected chi connectivity index (χ0v) is 18.7. The largest absolute Gasteiger partial charge is 0.316 e. The van der Waals surface area contributed by atoms with Gasteiger partial charge in [-0.3, -0.25) is 19.2 Å². The second-order valence-corrected chi connectivity index (χ2v) is 9.03. The number of aryl methyl sites for hydroxylation is 3. The fraction of sp³-hybridized carbons (Fsp3) is 0.348. The predicted octanol–water partition coefficient (Wildman–Crippen LogP) is 3.09. The summed E-state index contributed by atoms with van der Waals surface area (Å²) in [6.07, 6.45) is 1.73. The SMILES string of the molecule is Cc1nn(C2CN(C)C2)c2c1C(c1ccc(Cl)cc1)N(c1cc(C)c(=O)n(C)c1)C2=O. The number of halogens is 1. The lowest BCUT2D eigenvalue weighted by atomic mass is 9.99. The number of rotatable bonds is 3. The van der Waals surface area contributed by atoms with Crippen LogP contribution in [-0.4, -0.2) is 45.3 Å². The molecule has 4 heterocycles. The molecular weight excluding hydrogens is 414 g/mol. The third kappa shape index (κ3) is 3.03. The van der Waals surface area contributed by atoms with Crippen LogP contribution in [0.15, 0.2) is 41.3 Å². The second kappa shape index (κ2) is 7.07. The van der Waals surface area contributed by atoms with E-state index in [0.29, 0.717) is 22.0 Å². The highest BCUT2D eigenvalue weighted by Crippen LogP contribution is 2.44. The Hall–Kier alpha value is -2.90. The Bertz CT molecular complexity index is 1230. The second-order valence-electron chi connectivity index (χ2n) is 8.59. The highest BCUT2D eigenvalue weighted by Gasteiger charge is 2.45. The van der Waals surface area contributed by atoms with E-state index in [4.69, 9.17) is 16.7 Å². The summed E-state index contributed by atoms with van der Waals surface area (Å²) < 4.78 is 3.44. The average molecular weight is 438 g/mol. The van der Waals surface area contributed by atoms with Crippen LogP contribution in [-0.2, 0) is 7.05 Å². The van der Waals surface area contributed by atoms with E-state index in [1.54, 1.807) is 31.1 Å². The monoisotopic (exact) mass is 437 g/mol. The van der Waals surface area contributed by atoms with Crippen LogP contribution < -0.4 is 10.5 Å². The molecule has 160 valence electrons. The molecule has 0 radical (unpaired) electrons. The zero-order valence-electron chi connectivity index (χ0n) is 18.0. The number of nitrogens with zero attached hydrogens (tertiary/aromatic N) is 5. The fourth-order valence-electron chi connectivity index (χ4n) is 4.76. The molecule has 8 heteroatoms. The van der Waals surface area contributed by atoms with Gasteiger partial charge in [-0.15, -0.1) is 0 Å². The number of aromatic nitrogens is 3. The third-order valence-corrected chi connectivity index (χ3v) is 6.54. The maximum Gasteiger partial charge on any atom is 0.277 e. The lowest BCUT2D eigenvalue weighted by Crippen LogP contribution is -2.46. The topological polar surface area (TPSA) is 63.4 Å². The molecule has 5 rings (SSSR count). The van der Waals surface area contributed by atoms with Gasteiger partial charge >= 0.3 is 0 Å². The molecule has 1 fully saturated rings. The van der Waals surface area contributed by atoms with Gasteiger partial charge in [-0.05, 0) is 44.7 Å². The number of likely N-dealkylation sites (tertiary alicyclic amines) is 1. The van der Waals surface area contributed by atoms with Gasteiger partial charge in [0.1, 0.15) is 5.69 Å². The number of likely N-dealkylation sites (N-methyl/N-ethyl adjacent to an activating group) is 1.